The molecule has 0 fully saturated rings. The summed E-state index contributed by atoms with van der Waals surface area (Å²) in [4.78, 5) is 11.7. The maximum absolute atomic E-state index is 5.98. The van der Waals surface area contributed by atoms with E-state index < -0.39 is 0 Å². The van der Waals surface area contributed by atoms with Crippen LogP contribution in [0.2, 0.25) is 5.02 Å². The number of halogens is 2. The van der Waals surface area contributed by atoms with Gasteiger partial charge in [-0.25, -0.2) is 4.98 Å². The Hall–Kier alpha value is -1.85. The van der Waals surface area contributed by atoms with E-state index in [1.54, 1.807) is 12.1 Å². The maximum atomic E-state index is 5.98. The van der Waals surface area contributed by atoms with Gasteiger partial charge in [-0.1, -0.05) is 39.7 Å². The SMILES string of the molecule is N/C(=N\c1nc2ccc(Cl)cc2[nH]1)c1ccc(Br)cc1. The Morgan fingerprint density at radius 1 is 1.20 bits per heavy atom. The summed E-state index contributed by atoms with van der Waals surface area (Å²) >= 11 is 9.31. The molecule has 6 heteroatoms. The molecule has 0 bridgehead atoms. The molecule has 100 valence electrons. The normalized spacial score (nSPS) is 12.0. The highest BCUT2D eigenvalue weighted by Gasteiger charge is 2.04. The predicted octanol–water partition coefficient (Wildman–Crippen LogP) is 4.02. The standard InChI is InChI=1S/C14H10BrClN4/c15-9-3-1-8(2-4-9)13(17)20-14-18-11-6-5-10(16)7-12(11)19-14/h1-7H,(H3,17,18,19,20). The summed E-state index contributed by atoms with van der Waals surface area (Å²) in [5.74, 6) is 0.866. The lowest BCUT2D eigenvalue weighted by molar-refractivity contribution is 1.25. The van der Waals surface area contributed by atoms with Crippen molar-refractivity contribution in [2.24, 2.45) is 10.7 Å². The van der Waals surface area contributed by atoms with Crippen molar-refractivity contribution in [3.05, 3.63) is 57.5 Å². The second-order valence-electron chi connectivity index (χ2n) is 4.23. The van der Waals surface area contributed by atoms with Crippen LogP contribution in [-0.2, 0) is 0 Å². The number of benzene rings is 2. The molecule has 0 aliphatic carbocycles. The van der Waals surface area contributed by atoms with Crippen LogP contribution in [0.4, 0.5) is 5.95 Å². The number of imidazole rings is 1. The summed E-state index contributed by atoms with van der Waals surface area (Å²) < 4.78 is 0.993. The highest BCUT2D eigenvalue weighted by Crippen LogP contribution is 2.20. The maximum Gasteiger partial charge on any atom is 0.229 e. The molecule has 0 aliphatic heterocycles. The summed E-state index contributed by atoms with van der Waals surface area (Å²) in [6.07, 6.45) is 0. The number of nitrogens with zero attached hydrogens (tertiary/aromatic N) is 2. The number of aliphatic imine (C=N–C) groups is 1. The minimum atomic E-state index is 0.405. The number of H-pyrrole nitrogens is 1. The van der Waals surface area contributed by atoms with Gasteiger partial charge >= 0.3 is 0 Å². The number of amidine groups is 1. The van der Waals surface area contributed by atoms with E-state index in [4.69, 9.17) is 17.3 Å². The third kappa shape index (κ3) is 2.69. The molecule has 3 aromatic rings. The Kier molecular flexibility index (Phi) is 3.46. The first-order chi connectivity index (χ1) is 9.61. The van der Waals surface area contributed by atoms with E-state index in [-0.39, 0.29) is 0 Å². The zero-order chi connectivity index (χ0) is 14.1. The average Bonchev–Trinajstić information content (AvgIpc) is 2.80. The van der Waals surface area contributed by atoms with Crippen LogP contribution in [0, 0.1) is 0 Å². The number of aromatic nitrogens is 2. The molecule has 0 aliphatic rings. The van der Waals surface area contributed by atoms with E-state index in [0.717, 1.165) is 21.1 Å². The fourth-order valence-corrected chi connectivity index (χ4v) is 2.26. The van der Waals surface area contributed by atoms with Crippen molar-refractivity contribution in [3.63, 3.8) is 0 Å². The summed E-state index contributed by atoms with van der Waals surface area (Å²) in [6.45, 7) is 0. The zero-order valence-electron chi connectivity index (χ0n) is 10.3. The summed E-state index contributed by atoms with van der Waals surface area (Å²) in [6, 6.07) is 13.0. The Morgan fingerprint density at radius 2 is 1.95 bits per heavy atom. The number of hydrogen-bond acceptors (Lipinski definition) is 2. The number of nitrogens with two attached hydrogens (primary N) is 1. The molecule has 3 rings (SSSR count). The first-order valence-corrected chi connectivity index (χ1v) is 7.04. The van der Waals surface area contributed by atoms with Crippen LogP contribution < -0.4 is 5.73 Å². The van der Waals surface area contributed by atoms with E-state index in [9.17, 15) is 0 Å². The minimum absolute atomic E-state index is 0.405. The van der Waals surface area contributed by atoms with Crippen molar-refractivity contribution in [2.75, 3.05) is 0 Å². The largest absolute Gasteiger partial charge is 0.383 e. The molecule has 0 atom stereocenters. The Morgan fingerprint density at radius 3 is 2.70 bits per heavy atom. The smallest absolute Gasteiger partial charge is 0.229 e. The van der Waals surface area contributed by atoms with Crippen molar-refractivity contribution < 1.29 is 0 Å². The third-order valence-electron chi connectivity index (χ3n) is 2.80. The lowest BCUT2D eigenvalue weighted by atomic mass is 10.2. The van der Waals surface area contributed by atoms with Gasteiger partial charge in [0.1, 0.15) is 5.84 Å². The number of aromatic amines is 1. The number of hydrogen-bond donors (Lipinski definition) is 2. The van der Waals surface area contributed by atoms with Gasteiger partial charge in [0.2, 0.25) is 5.95 Å². The fourth-order valence-electron chi connectivity index (χ4n) is 1.82. The van der Waals surface area contributed by atoms with Crippen LogP contribution in [-0.4, -0.2) is 15.8 Å². The van der Waals surface area contributed by atoms with Gasteiger partial charge in [0.15, 0.2) is 0 Å². The van der Waals surface area contributed by atoms with Gasteiger partial charge in [-0.3, -0.25) is 0 Å². The number of fused-ring (bicyclic) bond motifs is 1. The number of rotatable bonds is 2. The monoisotopic (exact) mass is 348 g/mol. The predicted molar refractivity (Wildman–Crippen MR) is 85.6 cm³/mol. The van der Waals surface area contributed by atoms with Gasteiger partial charge in [0.25, 0.3) is 0 Å². The van der Waals surface area contributed by atoms with Gasteiger partial charge in [0.05, 0.1) is 11.0 Å². The fraction of sp³-hybridized carbons (Fsp3) is 0. The van der Waals surface area contributed by atoms with Crippen LogP contribution in [0.1, 0.15) is 5.56 Å². The van der Waals surface area contributed by atoms with Crippen LogP contribution in [0.5, 0.6) is 0 Å². The molecule has 3 N–H and O–H groups in total. The summed E-state index contributed by atoms with van der Waals surface area (Å²) in [5.41, 5.74) is 8.45. The van der Waals surface area contributed by atoms with Crippen LogP contribution in [0.25, 0.3) is 11.0 Å². The summed E-state index contributed by atoms with van der Waals surface area (Å²) in [5, 5.41) is 0.651. The van der Waals surface area contributed by atoms with Gasteiger partial charge in [0, 0.05) is 15.1 Å². The molecule has 2 aromatic carbocycles. The third-order valence-corrected chi connectivity index (χ3v) is 3.56. The van der Waals surface area contributed by atoms with Crippen LogP contribution in [0.15, 0.2) is 51.9 Å². The van der Waals surface area contributed by atoms with Gasteiger partial charge < -0.3 is 10.7 Å². The second kappa shape index (κ2) is 5.26. The summed E-state index contributed by atoms with van der Waals surface area (Å²) in [7, 11) is 0. The van der Waals surface area contributed by atoms with Crippen molar-refractivity contribution in [3.8, 4) is 0 Å². The first-order valence-electron chi connectivity index (χ1n) is 5.87. The topological polar surface area (TPSA) is 67.1 Å². The van der Waals surface area contributed by atoms with Crippen molar-refractivity contribution in [2.45, 2.75) is 0 Å². The molecule has 0 saturated heterocycles. The van der Waals surface area contributed by atoms with E-state index >= 15 is 0 Å². The molecule has 0 unspecified atom stereocenters. The van der Waals surface area contributed by atoms with Crippen LogP contribution in [0.3, 0.4) is 0 Å². The molecule has 0 saturated carbocycles. The molecule has 1 heterocycles. The molecule has 4 nitrogen and oxygen atoms in total. The Balaban J connectivity index is 1.98. The highest BCUT2D eigenvalue weighted by molar-refractivity contribution is 9.10. The first kappa shape index (κ1) is 13.1. The van der Waals surface area contributed by atoms with E-state index in [1.165, 1.54) is 0 Å². The quantitative estimate of drug-likeness (QED) is 0.542. The molecule has 20 heavy (non-hydrogen) atoms. The zero-order valence-corrected chi connectivity index (χ0v) is 12.6. The van der Waals surface area contributed by atoms with E-state index in [0.29, 0.717) is 16.8 Å². The van der Waals surface area contributed by atoms with E-state index in [2.05, 4.69) is 30.9 Å². The number of nitrogens with one attached hydrogen (secondary N) is 1. The average molecular weight is 350 g/mol. The Labute approximate surface area is 128 Å². The van der Waals surface area contributed by atoms with Gasteiger partial charge in [-0.15, -0.1) is 0 Å². The molecular formula is C14H10BrClN4. The lowest BCUT2D eigenvalue weighted by Gasteiger charge is -1.99. The Bertz CT molecular complexity index is 793. The minimum Gasteiger partial charge on any atom is -0.383 e. The van der Waals surface area contributed by atoms with Crippen LogP contribution >= 0.6 is 27.5 Å². The van der Waals surface area contributed by atoms with Crippen molar-refractivity contribution in [1.29, 1.82) is 0 Å². The van der Waals surface area contributed by atoms with Gasteiger partial charge in [-0.2, -0.15) is 4.99 Å². The van der Waals surface area contributed by atoms with E-state index in [1.807, 2.05) is 30.3 Å². The van der Waals surface area contributed by atoms with Crippen molar-refractivity contribution in [1.82, 2.24) is 9.97 Å². The lowest BCUT2D eigenvalue weighted by Crippen LogP contribution is -2.12. The molecule has 1 aromatic heterocycles. The highest BCUT2D eigenvalue weighted by atomic mass is 79.9. The second-order valence-corrected chi connectivity index (χ2v) is 5.58. The molecular weight excluding hydrogens is 340 g/mol. The molecule has 0 amide bonds. The molecule has 0 radical (unpaired) electrons. The van der Waals surface area contributed by atoms with Crippen molar-refractivity contribution >= 4 is 50.3 Å². The van der Waals surface area contributed by atoms with Gasteiger partial charge in [-0.05, 0) is 30.3 Å². The molecule has 0 spiro atoms.